The highest BCUT2D eigenvalue weighted by atomic mass is 16.5. The van der Waals surface area contributed by atoms with Gasteiger partial charge in [-0.1, -0.05) is 12.1 Å². The average molecular weight is 296 g/mol. The molecule has 1 N–H and O–H groups in total. The van der Waals surface area contributed by atoms with Crippen LogP contribution in [0.1, 0.15) is 38.4 Å². The summed E-state index contributed by atoms with van der Waals surface area (Å²) in [5.41, 5.74) is 0. The van der Waals surface area contributed by atoms with Crippen LogP contribution >= 0.6 is 0 Å². The fraction of sp³-hybridized carbons (Fsp3) is 0.867. The molecule has 1 aromatic rings. The van der Waals surface area contributed by atoms with Crippen molar-refractivity contribution >= 4 is 0 Å². The molecule has 2 heterocycles. The van der Waals surface area contributed by atoms with Gasteiger partial charge in [-0.15, -0.1) is 0 Å². The molecule has 120 valence electrons. The van der Waals surface area contributed by atoms with Crippen molar-refractivity contribution in [2.24, 2.45) is 5.92 Å². The Hall–Kier alpha value is -0.980. The molecule has 0 bridgehead atoms. The van der Waals surface area contributed by atoms with Crippen molar-refractivity contribution in [3.63, 3.8) is 0 Å². The Kier molecular flexibility index (Phi) is 6.14. The molecule has 0 radical (unpaired) electrons. The Balaban J connectivity index is 1.70. The van der Waals surface area contributed by atoms with Gasteiger partial charge in [0.2, 0.25) is 5.89 Å². The number of likely N-dealkylation sites (tertiary alicyclic amines) is 1. The highest BCUT2D eigenvalue weighted by molar-refractivity contribution is 4.86. The van der Waals surface area contributed by atoms with E-state index >= 15 is 0 Å². The zero-order valence-corrected chi connectivity index (χ0v) is 13.5. The monoisotopic (exact) mass is 296 g/mol. The van der Waals surface area contributed by atoms with Gasteiger partial charge < -0.3 is 14.5 Å². The van der Waals surface area contributed by atoms with Crippen molar-refractivity contribution in [3.8, 4) is 0 Å². The largest absolute Gasteiger partial charge is 0.392 e. The van der Waals surface area contributed by atoms with Crippen LogP contribution in [-0.4, -0.2) is 64.4 Å². The van der Waals surface area contributed by atoms with E-state index in [2.05, 4.69) is 27.0 Å². The number of hydrogen-bond acceptors (Lipinski definition) is 6. The SMILES string of the molecule is CCc1nc(CN(C)CC2CCN(CC(C)O)CC2)no1. The normalized spacial score (nSPS) is 19.3. The van der Waals surface area contributed by atoms with E-state index in [1.165, 1.54) is 12.8 Å². The van der Waals surface area contributed by atoms with Gasteiger partial charge >= 0.3 is 0 Å². The first-order chi connectivity index (χ1) is 10.1. The van der Waals surface area contributed by atoms with Crippen LogP contribution in [0.15, 0.2) is 4.52 Å². The second kappa shape index (κ2) is 7.87. The van der Waals surface area contributed by atoms with Gasteiger partial charge in [0.25, 0.3) is 0 Å². The molecule has 6 nitrogen and oxygen atoms in total. The number of hydrogen-bond donors (Lipinski definition) is 1. The summed E-state index contributed by atoms with van der Waals surface area (Å²) >= 11 is 0. The van der Waals surface area contributed by atoms with Gasteiger partial charge in [-0.2, -0.15) is 4.98 Å². The number of rotatable bonds is 7. The number of β-amino-alcohol motifs (C(OH)–C–C–N with tert-alkyl or cyclic N) is 1. The number of piperidine rings is 1. The standard InChI is InChI=1S/C15H28N4O2/c1-4-15-16-14(17-21-15)11-18(3)10-13-5-7-19(8-6-13)9-12(2)20/h12-13,20H,4-11H2,1-3H3. The van der Waals surface area contributed by atoms with Gasteiger partial charge in [-0.25, -0.2) is 0 Å². The molecule has 6 heteroatoms. The lowest BCUT2D eigenvalue weighted by Crippen LogP contribution is -2.40. The number of aliphatic hydroxyl groups is 1. The first-order valence-corrected chi connectivity index (χ1v) is 7.97. The predicted octanol–water partition coefficient (Wildman–Crippen LogP) is 1.16. The third kappa shape index (κ3) is 5.37. The van der Waals surface area contributed by atoms with Crippen LogP contribution < -0.4 is 0 Å². The summed E-state index contributed by atoms with van der Waals surface area (Å²) < 4.78 is 5.14. The van der Waals surface area contributed by atoms with Crippen molar-refractivity contribution in [1.82, 2.24) is 19.9 Å². The predicted molar refractivity (Wildman–Crippen MR) is 80.9 cm³/mol. The second-order valence-electron chi connectivity index (χ2n) is 6.25. The third-order valence-electron chi connectivity index (χ3n) is 4.02. The van der Waals surface area contributed by atoms with Gasteiger partial charge in [0.05, 0.1) is 12.6 Å². The first kappa shape index (κ1) is 16.4. The van der Waals surface area contributed by atoms with Gasteiger partial charge in [-0.3, -0.25) is 4.90 Å². The number of aryl methyl sites for hydroxylation is 1. The van der Waals surface area contributed by atoms with Crippen LogP contribution in [0.5, 0.6) is 0 Å². The molecule has 1 unspecified atom stereocenters. The molecule has 0 aromatic carbocycles. The molecule has 0 spiro atoms. The number of aromatic nitrogens is 2. The van der Waals surface area contributed by atoms with Gasteiger partial charge in [0.1, 0.15) is 0 Å². The van der Waals surface area contributed by atoms with Crippen LogP contribution in [0.25, 0.3) is 0 Å². The van der Waals surface area contributed by atoms with Gasteiger partial charge in [0, 0.05) is 19.5 Å². The fourth-order valence-corrected chi connectivity index (χ4v) is 2.97. The fourth-order valence-electron chi connectivity index (χ4n) is 2.97. The molecular weight excluding hydrogens is 268 g/mol. The molecular formula is C15H28N4O2. The molecule has 1 aromatic heterocycles. The molecule has 0 amide bonds. The van der Waals surface area contributed by atoms with E-state index in [9.17, 15) is 5.11 Å². The van der Waals surface area contributed by atoms with Crippen molar-refractivity contribution in [1.29, 1.82) is 0 Å². The van der Waals surface area contributed by atoms with Crippen molar-refractivity contribution in [3.05, 3.63) is 11.7 Å². The summed E-state index contributed by atoms with van der Waals surface area (Å²) in [5, 5.41) is 13.4. The Labute approximate surface area is 127 Å². The minimum atomic E-state index is -0.227. The molecule has 0 saturated carbocycles. The summed E-state index contributed by atoms with van der Waals surface area (Å²) in [4.78, 5) is 8.98. The van der Waals surface area contributed by atoms with Crippen LogP contribution in [-0.2, 0) is 13.0 Å². The summed E-state index contributed by atoms with van der Waals surface area (Å²) in [5.74, 6) is 2.21. The van der Waals surface area contributed by atoms with Gasteiger partial charge in [0.15, 0.2) is 5.82 Å². The zero-order valence-electron chi connectivity index (χ0n) is 13.5. The van der Waals surface area contributed by atoms with Crippen LogP contribution in [0.4, 0.5) is 0 Å². The van der Waals surface area contributed by atoms with Crippen molar-refractivity contribution in [2.75, 3.05) is 33.2 Å². The molecule has 1 aliphatic rings. The van der Waals surface area contributed by atoms with Gasteiger partial charge in [-0.05, 0) is 45.8 Å². The maximum absolute atomic E-state index is 9.43. The average Bonchev–Trinajstić information content (AvgIpc) is 2.88. The molecule has 1 aliphatic heterocycles. The second-order valence-corrected chi connectivity index (χ2v) is 6.25. The van der Waals surface area contributed by atoms with Crippen LogP contribution in [0.3, 0.4) is 0 Å². The lowest BCUT2D eigenvalue weighted by atomic mass is 9.96. The smallest absolute Gasteiger partial charge is 0.226 e. The molecule has 21 heavy (non-hydrogen) atoms. The summed E-state index contributed by atoms with van der Waals surface area (Å²) in [6.07, 6.45) is 2.96. The van der Waals surface area contributed by atoms with E-state index in [1.54, 1.807) is 0 Å². The maximum atomic E-state index is 9.43. The minimum Gasteiger partial charge on any atom is -0.392 e. The Morgan fingerprint density at radius 2 is 2.14 bits per heavy atom. The van der Waals surface area contributed by atoms with E-state index in [-0.39, 0.29) is 6.10 Å². The molecule has 2 rings (SSSR count). The molecule has 1 fully saturated rings. The lowest BCUT2D eigenvalue weighted by molar-refractivity contribution is 0.0916. The van der Waals surface area contributed by atoms with Crippen LogP contribution in [0, 0.1) is 5.92 Å². The van der Waals surface area contributed by atoms with E-state index in [4.69, 9.17) is 4.52 Å². The van der Waals surface area contributed by atoms with Crippen LogP contribution in [0.2, 0.25) is 0 Å². The summed E-state index contributed by atoms with van der Waals surface area (Å²) in [6.45, 7) is 8.66. The Morgan fingerprint density at radius 1 is 1.43 bits per heavy atom. The Morgan fingerprint density at radius 3 is 2.71 bits per heavy atom. The van der Waals surface area contributed by atoms with E-state index in [0.717, 1.165) is 50.9 Å². The molecule has 0 aliphatic carbocycles. The van der Waals surface area contributed by atoms with E-state index in [1.807, 2.05) is 13.8 Å². The van der Waals surface area contributed by atoms with Crippen molar-refractivity contribution < 1.29 is 9.63 Å². The lowest BCUT2D eigenvalue weighted by Gasteiger charge is -2.34. The third-order valence-corrected chi connectivity index (χ3v) is 4.02. The number of aliphatic hydroxyl groups excluding tert-OH is 1. The number of nitrogens with zero attached hydrogens (tertiary/aromatic N) is 4. The topological polar surface area (TPSA) is 65.6 Å². The summed E-state index contributed by atoms with van der Waals surface area (Å²) in [7, 11) is 2.12. The zero-order chi connectivity index (χ0) is 15.2. The summed E-state index contributed by atoms with van der Waals surface area (Å²) in [6, 6.07) is 0. The van der Waals surface area contributed by atoms with E-state index in [0.29, 0.717) is 5.89 Å². The highest BCUT2D eigenvalue weighted by Gasteiger charge is 2.21. The minimum absolute atomic E-state index is 0.227. The molecule has 1 atom stereocenters. The Bertz CT molecular complexity index is 414. The highest BCUT2D eigenvalue weighted by Crippen LogP contribution is 2.18. The van der Waals surface area contributed by atoms with Crippen molar-refractivity contribution in [2.45, 2.75) is 45.8 Å². The quantitative estimate of drug-likeness (QED) is 0.814. The first-order valence-electron chi connectivity index (χ1n) is 7.97. The maximum Gasteiger partial charge on any atom is 0.226 e. The molecule has 1 saturated heterocycles. The van der Waals surface area contributed by atoms with E-state index < -0.39 is 0 Å².